The molecule has 108 valence electrons. The van der Waals surface area contributed by atoms with Gasteiger partial charge in [0.2, 0.25) is 0 Å². The molecule has 6 heteroatoms. The minimum Gasteiger partial charge on any atom is -0.374 e. The number of morpholine rings is 1. The summed E-state index contributed by atoms with van der Waals surface area (Å²) in [6.07, 6.45) is 1.12. The second-order valence-electron chi connectivity index (χ2n) is 5.07. The zero-order chi connectivity index (χ0) is 13.8. The molecule has 2 heterocycles. The Bertz CT molecular complexity index is 421. The molecule has 1 aromatic heterocycles. The van der Waals surface area contributed by atoms with E-state index >= 15 is 0 Å². The van der Waals surface area contributed by atoms with E-state index in [-0.39, 0.29) is 6.10 Å². The number of likely N-dealkylation sites (N-methyl/N-ethyl adjacent to an activating group) is 1. The van der Waals surface area contributed by atoms with E-state index in [0.717, 1.165) is 55.6 Å². The van der Waals surface area contributed by atoms with Gasteiger partial charge in [-0.3, -0.25) is 4.68 Å². The van der Waals surface area contributed by atoms with E-state index in [0.29, 0.717) is 0 Å². The van der Waals surface area contributed by atoms with Gasteiger partial charge in [-0.25, -0.2) is 0 Å². The normalized spacial score (nSPS) is 20.9. The summed E-state index contributed by atoms with van der Waals surface area (Å²) in [5.74, 6) is 0. The SMILES string of the molecule is CCc1nn(C)c(CNCC2CN(C)CCO2)c1Cl. The predicted molar refractivity (Wildman–Crippen MR) is 76.5 cm³/mol. The summed E-state index contributed by atoms with van der Waals surface area (Å²) in [4.78, 5) is 2.29. The summed E-state index contributed by atoms with van der Waals surface area (Å²) >= 11 is 6.31. The number of halogens is 1. The molecule has 1 unspecified atom stereocenters. The first kappa shape index (κ1) is 14.8. The Morgan fingerprint density at radius 1 is 1.47 bits per heavy atom. The van der Waals surface area contributed by atoms with Crippen LogP contribution in [-0.2, 0) is 24.8 Å². The van der Waals surface area contributed by atoms with Crippen LogP contribution >= 0.6 is 11.6 Å². The molecule has 1 fully saturated rings. The van der Waals surface area contributed by atoms with Gasteiger partial charge < -0.3 is 15.0 Å². The average molecular weight is 287 g/mol. The predicted octanol–water partition coefficient (Wildman–Crippen LogP) is 1.06. The van der Waals surface area contributed by atoms with E-state index in [1.165, 1.54) is 0 Å². The summed E-state index contributed by atoms with van der Waals surface area (Å²) in [6, 6.07) is 0. The number of nitrogens with one attached hydrogen (secondary N) is 1. The number of hydrogen-bond donors (Lipinski definition) is 1. The molecule has 0 aliphatic carbocycles. The molecule has 1 N–H and O–H groups in total. The Balaban J connectivity index is 1.84. The van der Waals surface area contributed by atoms with Gasteiger partial charge in [0.1, 0.15) is 0 Å². The Labute approximate surface area is 119 Å². The third-order valence-electron chi connectivity index (χ3n) is 3.51. The minimum absolute atomic E-state index is 0.261. The molecule has 2 rings (SSSR count). The molecule has 0 radical (unpaired) electrons. The molecule has 0 aromatic carbocycles. The second-order valence-corrected chi connectivity index (χ2v) is 5.45. The standard InChI is InChI=1S/C13H23ClN4O/c1-4-11-13(14)12(18(3)16-11)8-15-7-10-9-17(2)5-6-19-10/h10,15H,4-9H2,1-3H3. The topological polar surface area (TPSA) is 42.3 Å². The summed E-state index contributed by atoms with van der Waals surface area (Å²) in [7, 11) is 4.06. The van der Waals surface area contributed by atoms with Crippen LogP contribution < -0.4 is 5.32 Å². The third kappa shape index (κ3) is 3.69. The van der Waals surface area contributed by atoms with Crippen LogP contribution in [0.3, 0.4) is 0 Å². The van der Waals surface area contributed by atoms with E-state index in [9.17, 15) is 0 Å². The fourth-order valence-corrected chi connectivity index (χ4v) is 2.71. The van der Waals surface area contributed by atoms with E-state index in [4.69, 9.17) is 16.3 Å². The van der Waals surface area contributed by atoms with Gasteiger partial charge >= 0.3 is 0 Å². The third-order valence-corrected chi connectivity index (χ3v) is 3.95. The molecule has 19 heavy (non-hydrogen) atoms. The fraction of sp³-hybridized carbons (Fsp3) is 0.769. The molecule has 0 amide bonds. The number of nitrogens with zero attached hydrogens (tertiary/aromatic N) is 3. The average Bonchev–Trinajstić information content (AvgIpc) is 2.66. The Morgan fingerprint density at radius 3 is 2.89 bits per heavy atom. The van der Waals surface area contributed by atoms with Gasteiger partial charge in [-0.15, -0.1) is 0 Å². The molecule has 1 atom stereocenters. The van der Waals surface area contributed by atoms with Gasteiger partial charge in [0.05, 0.1) is 29.1 Å². The molecular weight excluding hydrogens is 264 g/mol. The van der Waals surface area contributed by atoms with Gasteiger partial charge in [0, 0.05) is 33.2 Å². The van der Waals surface area contributed by atoms with Crippen LogP contribution in [0.1, 0.15) is 18.3 Å². The summed E-state index contributed by atoms with van der Waals surface area (Å²) < 4.78 is 7.58. The highest BCUT2D eigenvalue weighted by Crippen LogP contribution is 2.20. The lowest BCUT2D eigenvalue weighted by Crippen LogP contribution is -2.44. The minimum atomic E-state index is 0.261. The largest absolute Gasteiger partial charge is 0.374 e. The first-order valence-electron chi connectivity index (χ1n) is 6.83. The maximum absolute atomic E-state index is 6.31. The lowest BCUT2D eigenvalue weighted by molar-refractivity contribution is -0.0182. The fourth-order valence-electron chi connectivity index (χ4n) is 2.35. The van der Waals surface area contributed by atoms with Crippen molar-refractivity contribution < 1.29 is 4.74 Å². The van der Waals surface area contributed by atoms with E-state index < -0.39 is 0 Å². The van der Waals surface area contributed by atoms with Crippen LogP contribution in [0, 0.1) is 0 Å². The molecule has 1 aliphatic heterocycles. The highest BCUT2D eigenvalue weighted by Gasteiger charge is 2.18. The highest BCUT2D eigenvalue weighted by atomic mass is 35.5. The van der Waals surface area contributed by atoms with E-state index in [1.54, 1.807) is 0 Å². The lowest BCUT2D eigenvalue weighted by Gasteiger charge is -2.30. The van der Waals surface area contributed by atoms with Crippen molar-refractivity contribution in [3.63, 3.8) is 0 Å². The van der Waals surface area contributed by atoms with Crippen molar-refractivity contribution in [2.24, 2.45) is 7.05 Å². The molecule has 5 nitrogen and oxygen atoms in total. The van der Waals surface area contributed by atoms with E-state index in [2.05, 4.69) is 29.3 Å². The summed E-state index contributed by atoms with van der Waals surface area (Å²) in [5.41, 5.74) is 2.01. The zero-order valence-electron chi connectivity index (χ0n) is 11.9. The number of aromatic nitrogens is 2. The molecule has 1 aromatic rings. The van der Waals surface area contributed by atoms with Crippen molar-refractivity contribution in [3.05, 3.63) is 16.4 Å². The van der Waals surface area contributed by atoms with Crippen LogP contribution in [0.15, 0.2) is 0 Å². The summed E-state index contributed by atoms with van der Waals surface area (Å²) in [6.45, 7) is 6.45. The quantitative estimate of drug-likeness (QED) is 0.879. The van der Waals surface area contributed by atoms with Crippen molar-refractivity contribution >= 4 is 11.6 Å². The molecular formula is C13H23ClN4O. The van der Waals surface area contributed by atoms with Crippen molar-refractivity contribution in [2.45, 2.75) is 26.0 Å². The lowest BCUT2D eigenvalue weighted by atomic mass is 10.2. The van der Waals surface area contributed by atoms with Crippen LogP contribution in [0.4, 0.5) is 0 Å². The van der Waals surface area contributed by atoms with Gasteiger partial charge in [-0.05, 0) is 13.5 Å². The van der Waals surface area contributed by atoms with Gasteiger partial charge in [0.25, 0.3) is 0 Å². The van der Waals surface area contributed by atoms with Gasteiger partial charge in [-0.2, -0.15) is 5.10 Å². The van der Waals surface area contributed by atoms with Crippen molar-refractivity contribution in [1.29, 1.82) is 0 Å². The number of ether oxygens (including phenoxy) is 1. The summed E-state index contributed by atoms with van der Waals surface area (Å²) in [5, 5.41) is 8.62. The van der Waals surface area contributed by atoms with Gasteiger partial charge in [-0.1, -0.05) is 18.5 Å². The number of rotatable bonds is 5. The van der Waals surface area contributed by atoms with Crippen LogP contribution in [0.25, 0.3) is 0 Å². The molecule has 0 saturated carbocycles. The Kier molecular flexibility index (Phi) is 5.21. The van der Waals surface area contributed by atoms with Gasteiger partial charge in [0.15, 0.2) is 0 Å². The zero-order valence-corrected chi connectivity index (χ0v) is 12.7. The van der Waals surface area contributed by atoms with Crippen molar-refractivity contribution in [3.8, 4) is 0 Å². The van der Waals surface area contributed by atoms with Crippen LogP contribution in [-0.4, -0.2) is 54.1 Å². The van der Waals surface area contributed by atoms with Crippen molar-refractivity contribution in [2.75, 3.05) is 33.3 Å². The Hall–Kier alpha value is -0.620. The maximum atomic E-state index is 6.31. The monoisotopic (exact) mass is 286 g/mol. The molecule has 1 aliphatic rings. The van der Waals surface area contributed by atoms with Crippen LogP contribution in [0.5, 0.6) is 0 Å². The highest BCUT2D eigenvalue weighted by molar-refractivity contribution is 6.31. The second kappa shape index (κ2) is 6.70. The maximum Gasteiger partial charge on any atom is 0.0863 e. The van der Waals surface area contributed by atoms with Crippen molar-refractivity contribution in [1.82, 2.24) is 20.0 Å². The smallest absolute Gasteiger partial charge is 0.0863 e. The molecule has 0 spiro atoms. The first-order valence-corrected chi connectivity index (χ1v) is 7.20. The van der Waals surface area contributed by atoms with E-state index in [1.807, 2.05) is 11.7 Å². The first-order chi connectivity index (χ1) is 9.11. The number of aryl methyl sites for hydroxylation is 2. The number of hydrogen-bond acceptors (Lipinski definition) is 4. The molecule has 1 saturated heterocycles. The Morgan fingerprint density at radius 2 is 2.26 bits per heavy atom. The van der Waals surface area contributed by atoms with Crippen LogP contribution in [0.2, 0.25) is 5.02 Å². The molecule has 0 bridgehead atoms.